The number of likely N-dealkylation sites (tertiary alicyclic amines) is 2. The Bertz CT molecular complexity index is 1040. The van der Waals surface area contributed by atoms with Crippen molar-refractivity contribution in [3.05, 3.63) is 36.0 Å². The van der Waals surface area contributed by atoms with Gasteiger partial charge in [-0.05, 0) is 44.4 Å². The Morgan fingerprint density at radius 1 is 1.12 bits per heavy atom. The van der Waals surface area contributed by atoms with Gasteiger partial charge in [0.2, 0.25) is 11.8 Å². The SMILES string of the molecule is CN1[C@@H](CCC(=O)N2CCC(O)CC2)CNC(=O)[C@@H]2[C@@H]1CCN2Cc1cn(C)c2ccccc12. The van der Waals surface area contributed by atoms with Gasteiger partial charge < -0.3 is 19.9 Å². The molecule has 3 fully saturated rings. The average Bonchev–Trinajstić information content (AvgIpc) is 3.37. The number of nitrogens with one attached hydrogen (secondary N) is 1. The summed E-state index contributed by atoms with van der Waals surface area (Å²) in [5.41, 5.74) is 2.47. The number of benzene rings is 1. The number of likely N-dealkylation sites (N-methyl/N-ethyl adjacent to an activating group) is 1. The van der Waals surface area contributed by atoms with E-state index in [-0.39, 0.29) is 36.0 Å². The second-order valence-corrected chi connectivity index (χ2v) is 10.3. The average molecular weight is 468 g/mol. The molecule has 1 aromatic carbocycles. The fourth-order valence-electron chi connectivity index (χ4n) is 6.16. The summed E-state index contributed by atoms with van der Waals surface area (Å²) in [4.78, 5) is 32.5. The minimum Gasteiger partial charge on any atom is -0.393 e. The Balaban J connectivity index is 1.24. The van der Waals surface area contributed by atoms with Crippen LogP contribution < -0.4 is 5.32 Å². The van der Waals surface area contributed by atoms with Crippen molar-refractivity contribution in [2.75, 3.05) is 33.2 Å². The molecule has 3 aliphatic rings. The van der Waals surface area contributed by atoms with Crippen molar-refractivity contribution in [3.63, 3.8) is 0 Å². The Hall–Kier alpha value is -2.42. The summed E-state index contributed by atoms with van der Waals surface area (Å²) in [6.07, 6.45) is 5.42. The molecule has 3 atom stereocenters. The number of para-hydroxylation sites is 1. The second-order valence-electron chi connectivity index (χ2n) is 10.3. The highest BCUT2D eigenvalue weighted by Crippen LogP contribution is 2.30. The number of carbonyl (C=O) groups excluding carboxylic acids is 2. The van der Waals surface area contributed by atoms with Crippen LogP contribution in [0.3, 0.4) is 0 Å². The fourth-order valence-corrected chi connectivity index (χ4v) is 6.16. The largest absolute Gasteiger partial charge is 0.393 e. The van der Waals surface area contributed by atoms with Crippen molar-refractivity contribution < 1.29 is 14.7 Å². The van der Waals surface area contributed by atoms with Crippen LogP contribution >= 0.6 is 0 Å². The van der Waals surface area contributed by atoms with Gasteiger partial charge >= 0.3 is 0 Å². The van der Waals surface area contributed by atoms with E-state index in [0.717, 1.165) is 25.9 Å². The quantitative estimate of drug-likeness (QED) is 0.693. The number of hydrogen-bond acceptors (Lipinski definition) is 5. The van der Waals surface area contributed by atoms with Gasteiger partial charge in [-0.15, -0.1) is 0 Å². The number of fused-ring (bicyclic) bond motifs is 2. The molecule has 4 heterocycles. The first-order valence-electron chi connectivity index (χ1n) is 12.6. The summed E-state index contributed by atoms with van der Waals surface area (Å²) < 4.78 is 2.16. The zero-order chi connectivity index (χ0) is 23.8. The molecule has 2 amide bonds. The summed E-state index contributed by atoms with van der Waals surface area (Å²) in [6, 6.07) is 8.56. The molecule has 2 aromatic rings. The van der Waals surface area contributed by atoms with Gasteiger partial charge in [-0.25, -0.2) is 0 Å². The van der Waals surface area contributed by atoms with Crippen LogP contribution in [-0.4, -0.2) is 93.6 Å². The molecule has 5 rings (SSSR count). The Morgan fingerprint density at radius 3 is 2.68 bits per heavy atom. The zero-order valence-corrected chi connectivity index (χ0v) is 20.3. The molecule has 0 saturated carbocycles. The molecule has 8 nitrogen and oxygen atoms in total. The highest BCUT2D eigenvalue weighted by Gasteiger charge is 2.45. The van der Waals surface area contributed by atoms with E-state index < -0.39 is 0 Å². The predicted octanol–water partition coefficient (Wildman–Crippen LogP) is 1.31. The molecule has 0 spiro atoms. The standard InChI is InChI=1S/C26H37N5O3/c1-28-16-18(21-5-3-4-6-22(21)28)17-31-14-11-23-25(31)26(34)27-15-19(29(23)2)7-8-24(33)30-12-9-20(32)10-13-30/h3-6,16,19-20,23,25,32H,7-15,17H2,1-2H3,(H,27,34)/t19-,23-,25-/m0/s1. The third-order valence-corrected chi connectivity index (χ3v) is 8.21. The third-order valence-electron chi connectivity index (χ3n) is 8.21. The van der Waals surface area contributed by atoms with E-state index in [1.54, 1.807) is 0 Å². The van der Waals surface area contributed by atoms with Crippen molar-refractivity contribution in [2.24, 2.45) is 7.05 Å². The van der Waals surface area contributed by atoms with Crippen molar-refractivity contribution in [1.29, 1.82) is 0 Å². The van der Waals surface area contributed by atoms with Gasteiger partial charge in [-0.2, -0.15) is 0 Å². The number of carbonyl (C=O) groups is 2. The van der Waals surface area contributed by atoms with E-state index in [4.69, 9.17) is 0 Å². The maximum Gasteiger partial charge on any atom is 0.239 e. The Morgan fingerprint density at radius 2 is 1.88 bits per heavy atom. The lowest BCUT2D eigenvalue weighted by Crippen LogP contribution is -2.49. The number of hydrogen-bond donors (Lipinski definition) is 2. The summed E-state index contributed by atoms with van der Waals surface area (Å²) >= 11 is 0. The second kappa shape index (κ2) is 9.68. The van der Waals surface area contributed by atoms with Crippen LogP contribution in [0.2, 0.25) is 0 Å². The molecule has 1 aromatic heterocycles. The summed E-state index contributed by atoms with van der Waals surface area (Å²) in [6.45, 7) is 3.51. The molecule has 3 saturated heterocycles. The van der Waals surface area contributed by atoms with E-state index in [1.165, 1.54) is 16.5 Å². The molecule has 0 aliphatic carbocycles. The molecule has 3 aliphatic heterocycles. The Labute approximate surface area is 201 Å². The van der Waals surface area contributed by atoms with Crippen LogP contribution in [0.25, 0.3) is 10.9 Å². The van der Waals surface area contributed by atoms with Gasteiger partial charge in [0.1, 0.15) is 6.04 Å². The first-order valence-corrected chi connectivity index (χ1v) is 12.6. The zero-order valence-electron chi connectivity index (χ0n) is 20.3. The third kappa shape index (κ3) is 4.46. The first kappa shape index (κ1) is 23.3. The summed E-state index contributed by atoms with van der Waals surface area (Å²) in [5.74, 6) is 0.268. The highest BCUT2D eigenvalue weighted by atomic mass is 16.3. The molecular formula is C26H37N5O3. The molecular weight excluding hydrogens is 430 g/mol. The van der Waals surface area contributed by atoms with Crippen LogP contribution in [-0.2, 0) is 23.2 Å². The fraction of sp³-hybridized carbons (Fsp3) is 0.615. The monoisotopic (exact) mass is 467 g/mol. The van der Waals surface area contributed by atoms with Gasteiger partial charge in [-0.1, -0.05) is 18.2 Å². The van der Waals surface area contributed by atoms with Crippen LogP contribution in [0.5, 0.6) is 0 Å². The number of aliphatic hydroxyl groups excluding tert-OH is 1. The van der Waals surface area contributed by atoms with Gasteiger partial charge in [-0.3, -0.25) is 19.4 Å². The number of nitrogens with zero attached hydrogens (tertiary/aromatic N) is 4. The van der Waals surface area contributed by atoms with Crippen LogP contribution in [0.4, 0.5) is 0 Å². The first-order chi connectivity index (χ1) is 16.4. The number of piperidine rings is 1. The van der Waals surface area contributed by atoms with Gasteiger partial charge in [0.05, 0.1) is 6.10 Å². The molecule has 8 heteroatoms. The van der Waals surface area contributed by atoms with Crippen LogP contribution in [0.1, 0.15) is 37.7 Å². The van der Waals surface area contributed by atoms with Crippen molar-refractivity contribution in [3.8, 4) is 0 Å². The highest BCUT2D eigenvalue weighted by molar-refractivity contribution is 5.85. The topological polar surface area (TPSA) is 81.0 Å². The molecule has 0 bridgehead atoms. The minimum absolute atomic E-state index is 0.105. The number of aliphatic hydroxyl groups is 1. The van der Waals surface area contributed by atoms with E-state index in [2.05, 4.69) is 64.2 Å². The van der Waals surface area contributed by atoms with Crippen molar-refractivity contribution in [2.45, 2.75) is 62.9 Å². The lowest BCUT2D eigenvalue weighted by molar-refractivity contribution is -0.133. The van der Waals surface area contributed by atoms with E-state index in [1.807, 2.05) is 4.90 Å². The number of rotatable bonds is 5. The lowest BCUT2D eigenvalue weighted by atomic mass is 10.0. The van der Waals surface area contributed by atoms with Crippen molar-refractivity contribution >= 4 is 22.7 Å². The number of amides is 2. The lowest BCUT2D eigenvalue weighted by Gasteiger charge is -2.34. The molecule has 2 N–H and O–H groups in total. The Kier molecular flexibility index (Phi) is 6.64. The molecule has 0 radical (unpaired) electrons. The molecule has 0 unspecified atom stereocenters. The van der Waals surface area contributed by atoms with Gasteiger partial charge in [0.15, 0.2) is 0 Å². The molecule has 34 heavy (non-hydrogen) atoms. The van der Waals surface area contributed by atoms with E-state index in [9.17, 15) is 14.7 Å². The van der Waals surface area contributed by atoms with Gasteiger partial charge in [0, 0.05) is 75.4 Å². The number of aromatic nitrogens is 1. The smallest absolute Gasteiger partial charge is 0.239 e. The maximum absolute atomic E-state index is 13.2. The number of aryl methyl sites for hydroxylation is 1. The van der Waals surface area contributed by atoms with Crippen LogP contribution in [0, 0.1) is 0 Å². The molecule has 184 valence electrons. The maximum atomic E-state index is 13.2. The van der Waals surface area contributed by atoms with Crippen LogP contribution in [0.15, 0.2) is 30.5 Å². The summed E-state index contributed by atoms with van der Waals surface area (Å²) in [7, 11) is 4.19. The van der Waals surface area contributed by atoms with E-state index in [0.29, 0.717) is 38.9 Å². The van der Waals surface area contributed by atoms with Gasteiger partial charge in [0.25, 0.3) is 0 Å². The van der Waals surface area contributed by atoms with Crippen molar-refractivity contribution in [1.82, 2.24) is 24.6 Å². The predicted molar refractivity (Wildman–Crippen MR) is 131 cm³/mol. The normalized spacial score (nSPS) is 27.1. The minimum atomic E-state index is -0.275. The van der Waals surface area contributed by atoms with E-state index >= 15 is 0 Å². The summed E-state index contributed by atoms with van der Waals surface area (Å²) in [5, 5.41) is 14.1.